The third kappa shape index (κ3) is 17.0. The molecule has 0 saturated heterocycles. The Balaban J connectivity index is -0.00000280. The van der Waals surface area contributed by atoms with Crippen LogP contribution in [0.15, 0.2) is 4.99 Å². The van der Waals surface area contributed by atoms with E-state index in [1.165, 1.54) is 51.4 Å². The van der Waals surface area contributed by atoms with E-state index >= 15 is 0 Å². The number of carboxylic acid groups (broad SMARTS) is 2. The summed E-state index contributed by atoms with van der Waals surface area (Å²) in [6, 6.07) is 0. The van der Waals surface area contributed by atoms with Crippen LogP contribution >= 0.6 is 0 Å². The van der Waals surface area contributed by atoms with Gasteiger partial charge in [0.05, 0.1) is 39.1 Å². The van der Waals surface area contributed by atoms with Crippen molar-refractivity contribution in [2.45, 2.75) is 84.0 Å². The Morgan fingerprint density at radius 3 is 2.00 bits per heavy atom. The van der Waals surface area contributed by atoms with Gasteiger partial charge in [0, 0.05) is 6.42 Å². The van der Waals surface area contributed by atoms with E-state index < -0.39 is 11.9 Å². The zero-order valence-electron chi connectivity index (χ0n) is 20.7. The first-order chi connectivity index (χ1) is 14.0. The number of amidine groups is 1. The van der Waals surface area contributed by atoms with Gasteiger partial charge >= 0.3 is 71.1 Å². The number of unbranched alkanes of at least 4 members (excludes halogenated alkanes) is 8. The van der Waals surface area contributed by atoms with Gasteiger partial charge in [0.15, 0.2) is 5.84 Å². The number of carbonyl (C=O) groups is 2. The van der Waals surface area contributed by atoms with Gasteiger partial charge in [0.1, 0.15) is 13.1 Å². The van der Waals surface area contributed by atoms with Crippen LogP contribution in [0.4, 0.5) is 0 Å². The van der Waals surface area contributed by atoms with E-state index in [0.717, 1.165) is 31.8 Å². The topological polar surface area (TPSA) is 126 Å². The first-order valence-electron chi connectivity index (χ1n) is 11.4. The Morgan fingerprint density at radius 2 is 1.44 bits per heavy atom. The van der Waals surface area contributed by atoms with E-state index in [2.05, 4.69) is 6.92 Å². The van der Waals surface area contributed by atoms with Crippen LogP contribution in [0.5, 0.6) is 0 Å². The Morgan fingerprint density at radius 1 is 0.875 bits per heavy atom. The molecule has 0 spiro atoms. The smallest absolute Gasteiger partial charge is 0.870 e. The quantitative estimate of drug-likeness (QED) is 0.125. The van der Waals surface area contributed by atoms with Crippen LogP contribution in [0.1, 0.15) is 84.0 Å². The second-order valence-electron chi connectivity index (χ2n) is 8.09. The number of ether oxygens (including phenoxy) is 1. The number of carboxylic acids is 2. The van der Waals surface area contributed by atoms with Crippen molar-refractivity contribution in [2.24, 2.45) is 4.99 Å². The van der Waals surface area contributed by atoms with Crippen LogP contribution in [0.2, 0.25) is 0 Å². The molecular formula is C22H42N2Na2O6+2. The molecule has 1 atom stereocenters. The molecular weight excluding hydrogens is 434 g/mol. The summed E-state index contributed by atoms with van der Waals surface area (Å²) in [6.45, 7) is 5.63. The molecule has 1 aliphatic heterocycles. The molecule has 3 N–H and O–H groups in total. The SMILES string of the molecule is CCCCCCCCCCCC1=NCC[N+]1(CCOCCC(=O)O)CCC(=O)O.[Na+].[Na+].[OH-]. The summed E-state index contributed by atoms with van der Waals surface area (Å²) in [5.74, 6) is -0.548. The van der Waals surface area contributed by atoms with E-state index in [4.69, 9.17) is 19.9 Å². The summed E-state index contributed by atoms with van der Waals surface area (Å²) in [4.78, 5) is 26.4. The fraction of sp³-hybridized carbons (Fsp3) is 0.864. The first kappa shape index (κ1) is 37.0. The number of aliphatic imine (C=N–C) groups is 1. The molecule has 0 aromatic carbocycles. The van der Waals surface area contributed by atoms with E-state index in [1.54, 1.807) is 0 Å². The van der Waals surface area contributed by atoms with Crippen molar-refractivity contribution in [1.29, 1.82) is 0 Å². The van der Waals surface area contributed by atoms with Crippen LogP contribution in [-0.2, 0) is 14.3 Å². The summed E-state index contributed by atoms with van der Waals surface area (Å²) >= 11 is 0. The van der Waals surface area contributed by atoms with Crippen LogP contribution in [0.25, 0.3) is 0 Å². The maximum Gasteiger partial charge on any atom is 1.00 e. The van der Waals surface area contributed by atoms with Crippen LogP contribution in [0, 0.1) is 0 Å². The maximum atomic E-state index is 11.1. The molecule has 10 heteroatoms. The van der Waals surface area contributed by atoms with Crippen molar-refractivity contribution in [3.05, 3.63) is 0 Å². The van der Waals surface area contributed by atoms with Gasteiger partial charge in [-0.05, 0) is 6.42 Å². The van der Waals surface area contributed by atoms with Crippen LogP contribution < -0.4 is 59.1 Å². The molecule has 0 radical (unpaired) electrons. The Bertz CT molecular complexity index is 523. The van der Waals surface area contributed by atoms with Gasteiger partial charge in [-0.25, -0.2) is 4.99 Å². The molecule has 8 nitrogen and oxygen atoms in total. The molecule has 0 aromatic rings. The number of aliphatic carboxylic acids is 2. The molecule has 0 amide bonds. The Kier molecular flexibility index (Phi) is 26.9. The monoisotopic (exact) mass is 476 g/mol. The van der Waals surface area contributed by atoms with Crippen molar-refractivity contribution in [3.8, 4) is 0 Å². The average Bonchev–Trinajstić information content (AvgIpc) is 3.07. The minimum atomic E-state index is -0.867. The van der Waals surface area contributed by atoms with Gasteiger partial charge in [-0.1, -0.05) is 58.3 Å². The molecule has 0 aliphatic carbocycles. The standard InChI is InChI=1S/C22H40N2O5.2Na.H2O/c1-2-3-4-5-6-7-8-9-10-11-20-23-14-16-24(20,15-12-21(25)26)17-19-29-18-13-22(27)28;;;/h2-19H2,1H3,(H-,25,26,27,28);;;1H2/q;2*+1;. The largest absolute Gasteiger partial charge is 1.00 e. The van der Waals surface area contributed by atoms with Crippen molar-refractivity contribution < 1.29 is 93.6 Å². The van der Waals surface area contributed by atoms with E-state index in [0.29, 0.717) is 24.2 Å². The second-order valence-corrected chi connectivity index (χ2v) is 8.09. The summed E-state index contributed by atoms with van der Waals surface area (Å²) in [6.07, 6.45) is 12.5. The van der Waals surface area contributed by atoms with Gasteiger partial charge in [-0.3, -0.25) is 14.1 Å². The molecule has 1 heterocycles. The summed E-state index contributed by atoms with van der Waals surface area (Å²) < 4.78 is 6.08. The number of hydrogen-bond donors (Lipinski definition) is 2. The van der Waals surface area contributed by atoms with Gasteiger partial charge < -0.3 is 20.4 Å². The fourth-order valence-corrected chi connectivity index (χ4v) is 3.96. The maximum absolute atomic E-state index is 11.1. The van der Waals surface area contributed by atoms with E-state index in [-0.39, 0.29) is 84.0 Å². The van der Waals surface area contributed by atoms with Crippen molar-refractivity contribution >= 4 is 17.8 Å². The second kappa shape index (κ2) is 23.2. The third-order valence-electron chi connectivity index (χ3n) is 5.75. The summed E-state index contributed by atoms with van der Waals surface area (Å²) in [7, 11) is 0. The minimum absolute atomic E-state index is 0. The van der Waals surface area contributed by atoms with E-state index in [1.807, 2.05) is 0 Å². The van der Waals surface area contributed by atoms with Gasteiger partial charge in [-0.2, -0.15) is 0 Å². The van der Waals surface area contributed by atoms with Crippen molar-refractivity contribution in [3.63, 3.8) is 0 Å². The molecule has 0 saturated carbocycles. The molecule has 32 heavy (non-hydrogen) atoms. The van der Waals surface area contributed by atoms with Gasteiger partial charge in [-0.15, -0.1) is 0 Å². The molecule has 1 unspecified atom stereocenters. The Hall–Kier alpha value is 0.490. The molecule has 0 aromatic heterocycles. The summed E-state index contributed by atoms with van der Waals surface area (Å²) in [5.41, 5.74) is 0. The van der Waals surface area contributed by atoms with E-state index in [9.17, 15) is 9.59 Å². The zero-order valence-corrected chi connectivity index (χ0v) is 24.7. The minimum Gasteiger partial charge on any atom is -0.870 e. The first-order valence-corrected chi connectivity index (χ1v) is 11.4. The number of quaternary nitrogens is 1. The molecule has 1 rings (SSSR count). The normalized spacial score (nSPS) is 17.0. The fourth-order valence-electron chi connectivity index (χ4n) is 3.96. The molecule has 0 fully saturated rings. The van der Waals surface area contributed by atoms with Crippen molar-refractivity contribution in [2.75, 3.05) is 39.4 Å². The molecule has 0 bridgehead atoms. The molecule has 1 aliphatic rings. The molecule has 176 valence electrons. The zero-order chi connectivity index (χ0) is 21.4. The number of nitrogens with zero attached hydrogens (tertiary/aromatic N) is 2. The van der Waals surface area contributed by atoms with Gasteiger partial charge in [0.2, 0.25) is 0 Å². The number of hydrogen-bond acceptors (Lipinski definition) is 5. The Labute approximate surface area is 238 Å². The average molecular weight is 477 g/mol. The van der Waals surface area contributed by atoms with Crippen LogP contribution in [-0.4, -0.2) is 77.3 Å². The third-order valence-corrected chi connectivity index (χ3v) is 5.75. The van der Waals surface area contributed by atoms with Crippen LogP contribution in [0.3, 0.4) is 0 Å². The van der Waals surface area contributed by atoms with Crippen molar-refractivity contribution in [1.82, 2.24) is 0 Å². The number of rotatable bonds is 19. The van der Waals surface area contributed by atoms with Gasteiger partial charge in [0.25, 0.3) is 0 Å². The predicted molar refractivity (Wildman–Crippen MR) is 116 cm³/mol. The summed E-state index contributed by atoms with van der Waals surface area (Å²) in [5, 5.41) is 17.9. The predicted octanol–water partition coefficient (Wildman–Crippen LogP) is -2.07.